The Morgan fingerprint density at radius 2 is 2.19 bits per heavy atom. The molecule has 1 heterocycles. The first-order valence-electron chi connectivity index (χ1n) is 5.09. The predicted molar refractivity (Wildman–Crippen MR) is 63.2 cm³/mol. The standard InChI is InChI=1S/C10H10Cl3NO2/c11-10(12,13)8-14-6-1-2-7(15)9(6)3-5(9)4-16-8/h1-2,5-7,15H,3-4H2/t5-,6+,7-,9+/m0/s1. The molecular formula is C10H10Cl3NO2. The van der Waals surface area contributed by atoms with Crippen LogP contribution in [0.3, 0.4) is 0 Å². The van der Waals surface area contributed by atoms with Crippen molar-refractivity contribution in [1.29, 1.82) is 0 Å². The van der Waals surface area contributed by atoms with E-state index in [1.165, 1.54) is 0 Å². The molecule has 16 heavy (non-hydrogen) atoms. The van der Waals surface area contributed by atoms with E-state index in [0.29, 0.717) is 12.5 Å². The van der Waals surface area contributed by atoms with Gasteiger partial charge in [-0.05, 0) is 6.42 Å². The third kappa shape index (κ3) is 1.42. The van der Waals surface area contributed by atoms with Crippen molar-refractivity contribution in [3.63, 3.8) is 0 Å². The van der Waals surface area contributed by atoms with E-state index in [0.717, 1.165) is 6.42 Å². The molecule has 3 aliphatic rings. The largest absolute Gasteiger partial charge is 0.478 e. The maximum absolute atomic E-state index is 9.93. The Kier molecular flexibility index (Phi) is 2.29. The van der Waals surface area contributed by atoms with E-state index < -0.39 is 9.90 Å². The first kappa shape index (κ1) is 11.1. The summed E-state index contributed by atoms with van der Waals surface area (Å²) in [7, 11) is 0. The van der Waals surface area contributed by atoms with E-state index in [1.54, 1.807) is 6.08 Å². The molecule has 0 aromatic carbocycles. The maximum Gasteiger partial charge on any atom is 0.266 e. The molecule has 1 spiro atoms. The smallest absolute Gasteiger partial charge is 0.266 e. The average Bonchev–Trinajstić information content (AvgIpc) is 2.82. The number of aliphatic hydroxyl groups is 1. The summed E-state index contributed by atoms with van der Waals surface area (Å²) in [6, 6.07) is -0.124. The van der Waals surface area contributed by atoms with Gasteiger partial charge in [0.15, 0.2) is 0 Å². The third-order valence-corrected chi connectivity index (χ3v) is 4.18. The lowest BCUT2D eigenvalue weighted by Gasteiger charge is -2.18. The quantitative estimate of drug-likeness (QED) is 0.546. The van der Waals surface area contributed by atoms with E-state index in [9.17, 15) is 5.11 Å². The number of nitrogens with zero attached hydrogens (tertiary/aromatic N) is 1. The zero-order valence-electron chi connectivity index (χ0n) is 8.24. The number of aliphatic hydroxyl groups excluding tert-OH is 1. The summed E-state index contributed by atoms with van der Waals surface area (Å²) in [5, 5.41) is 9.93. The fourth-order valence-electron chi connectivity index (χ4n) is 2.71. The number of halogens is 3. The van der Waals surface area contributed by atoms with Crippen LogP contribution in [0.5, 0.6) is 0 Å². The molecule has 2 aliphatic carbocycles. The first-order valence-corrected chi connectivity index (χ1v) is 6.22. The van der Waals surface area contributed by atoms with Crippen molar-refractivity contribution in [2.45, 2.75) is 22.4 Å². The van der Waals surface area contributed by atoms with Crippen molar-refractivity contribution in [3.8, 4) is 0 Å². The summed E-state index contributed by atoms with van der Waals surface area (Å²) in [4.78, 5) is 4.32. The SMILES string of the molecule is O[C@H]1C=C[C@H]2N=C(C(Cl)(Cl)Cl)OC[C@@H]3C[C@]312. The molecule has 0 unspecified atom stereocenters. The lowest BCUT2D eigenvalue weighted by atomic mass is 9.94. The van der Waals surface area contributed by atoms with E-state index in [1.807, 2.05) is 6.08 Å². The molecule has 0 aromatic rings. The zero-order valence-corrected chi connectivity index (χ0v) is 10.5. The van der Waals surface area contributed by atoms with Crippen LogP contribution in [0.15, 0.2) is 17.1 Å². The van der Waals surface area contributed by atoms with Crippen LogP contribution in [0.25, 0.3) is 0 Å². The molecule has 1 fully saturated rings. The summed E-state index contributed by atoms with van der Waals surface area (Å²) in [6.07, 6.45) is 4.11. The minimum atomic E-state index is -1.63. The maximum atomic E-state index is 9.93. The second-order valence-corrected chi connectivity index (χ2v) is 6.81. The number of rotatable bonds is 0. The van der Waals surface area contributed by atoms with Gasteiger partial charge in [-0.15, -0.1) is 0 Å². The molecule has 1 aliphatic heterocycles. The molecule has 0 bridgehead atoms. The van der Waals surface area contributed by atoms with E-state index in [-0.39, 0.29) is 17.4 Å². The molecule has 6 heteroatoms. The summed E-state index contributed by atoms with van der Waals surface area (Å²) < 4.78 is 3.78. The van der Waals surface area contributed by atoms with Gasteiger partial charge in [0.1, 0.15) is 0 Å². The molecule has 88 valence electrons. The number of ether oxygens (including phenoxy) is 1. The van der Waals surface area contributed by atoms with Crippen molar-refractivity contribution >= 4 is 40.7 Å². The highest BCUT2D eigenvalue weighted by Gasteiger charge is 2.66. The molecule has 0 saturated heterocycles. The number of hydrogen-bond donors (Lipinski definition) is 1. The van der Waals surface area contributed by atoms with Crippen LogP contribution in [0, 0.1) is 11.3 Å². The van der Waals surface area contributed by atoms with Gasteiger partial charge in [-0.25, -0.2) is 4.99 Å². The van der Waals surface area contributed by atoms with Gasteiger partial charge in [-0.3, -0.25) is 0 Å². The van der Waals surface area contributed by atoms with Crippen molar-refractivity contribution in [2.24, 2.45) is 16.3 Å². The van der Waals surface area contributed by atoms with Crippen molar-refractivity contribution < 1.29 is 9.84 Å². The topological polar surface area (TPSA) is 41.8 Å². The number of alkyl halides is 3. The van der Waals surface area contributed by atoms with Gasteiger partial charge >= 0.3 is 0 Å². The Morgan fingerprint density at radius 3 is 2.88 bits per heavy atom. The highest BCUT2D eigenvalue weighted by atomic mass is 35.6. The van der Waals surface area contributed by atoms with Crippen molar-refractivity contribution in [2.75, 3.05) is 6.61 Å². The van der Waals surface area contributed by atoms with Gasteiger partial charge in [0.25, 0.3) is 3.79 Å². The summed E-state index contributed by atoms with van der Waals surface area (Å²) in [5.41, 5.74) is -0.197. The first-order chi connectivity index (χ1) is 7.44. The predicted octanol–water partition coefficient (Wildman–Crippen LogP) is 2.09. The Morgan fingerprint density at radius 1 is 1.44 bits per heavy atom. The van der Waals surface area contributed by atoms with Crippen molar-refractivity contribution in [1.82, 2.24) is 0 Å². The molecular weight excluding hydrogens is 272 g/mol. The highest BCUT2D eigenvalue weighted by Crippen LogP contribution is 2.62. The van der Waals surface area contributed by atoms with Gasteiger partial charge in [-0.1, -0.05) is 47.0 Å². The molecule has 1 N–H and O–H groups in total. The Hall–Kier alpha value is 0.0400. The molecule has 0 amide bonds. The van der Waals surface area contributed by atoms with Gasteiger partial charge in [0.2, 0.25) is 5.90 Å². The van der Waals surface area contributed by atoms with E-state index in [2.05, 4.69) is 4.99 Å². The Balaban J connectivity index is 1.96. The average molecular weight is 283 g/mol. The third-order valence-electron chi connectivity index (χ3n) is 3.70. The fourth-order valence-corrected chi connectivity index (χ4v) is 3.02. The molecule has 4 atom stereocenters. The summed E-state index contributed by atoms with van der Waals surface area (Å²) in [6.45, 7) is 0.460. The van der Waals surface area contributed by atoms with Crippen LogP contribution < -0.4 is 0 Å². The van der Waals surface area contributed by atoms with Gasteiger partial charge < -0.3 is 9.84 Å². The highest BCUT2D eigenvalue weighted by molar-refractivity contribution is 6.76. The second kappa shape index (κ2) is 3.29. The van der Waals surface area contributed by atoms with Crippen LogP contribution in [0.2, 0.25) is 0 Å². The fraction of sp³-hybridized carbons (Fsp3) is 0.700. The van der Waals surface area contributed by atoms with Gasteiger partial charge in [0, 0.05) is 11.3 Å². The van der Waals surface area contributed by atoms with E-state index in [4.69, 9.17) is 39.5 Å². The zero-order chi connectivity index (χ0) is 11.6. The van der Waals surface area contributed by atoms with Crippen LogP contribution in [0.1, 0.15) is 6.42 Å². The van der Waals surface area contributed by atoms with Crippen LogP contribution >= 0.6 is 34.8 Å². The lowest BCUT2D eigenvalue weighted by Crippen LogP contribution is -2.28. The number of hydrogen-bond acceptors (Lipinski definition) is 3. The normalized spacial score (nSPS) is 45.2. The van der Waals surface area contributed by atoms with Gasteiger partial charge in [-0.2, -0.15) is 0 Å². The lowest BCUT2D eigenvalue weighted by molar-refractivity contribution is 0.125. The number of aliphatic imine (C=N–C) groups is 1. The summed E-state index contributed by atoms with van der Waals surface area (Å²) in [5.74, 6) is 0.434. The molecule has 0 radical (unpaired) electrons. The van der Waals surface area contributed by atoms with E-state index >= 15 is 0 Å². The second-order valence-electron chi connectivity index (χ2n) is 4.53. The van der Waals surface area contributed by atoms with Crippen LogP contribution in [-0.2, 0) is 4.74 Å². The van der Waals surface area contributed by atoms with Crippen molar-refractivity contribution in [3.05, 3.63) is 12.2 Å². The molecule has 1 saturated carbocycles. The minimum absolute atomic E-state index is 0.124. The van der Waals surface area contributed by atoms with Crippen LogP contribution in [-0.4, -0.2) is 33.5 Å². The Labute approximate surface area is 108 Å². The molecule has 0 aromatic heterocycles. The van der Waals surface area contributed by atoms with Gasteiger partial charge in [0.05, 0.1) is 18.8 Å². The molecule has 3 rings (SSSR count). The summed E-state index contributed by atoms with van der Waals surface area (Å²) >= 11 is 17.3. The monoisotopic (exact) mass is 281 g/mol. The van der Waals surface area contributed by atoms with Crippen LogP contribution in [0.4, 0.5) is 0 Å². The molecule has 3 nitrogen and oxygen atoms in total. The minimum Gasteiger partial charge on any atom is -0.478 e. The Bertz CT molecular complexity index is 390.